The fourth-order valence-corrected chi connectivity index (χ4v) is 5.93. The van der Waals surface area contributed by atoms with Gasteiger partial charge in [0.2, 0.25) is 0 Å². The first-order valence-corrected chi connectivity index (χ1v) is 13.3. The fourth-order valence-electron chi connectivity index (χ4n) is 4.65. The van der Waals surface area contributed by atoms with Crippen LogP contribution >= 0.6 is 11.8 Å². The summed E-state index contributed by atoms with van der Waals surface area (Å²) in [5.74, 6) is 3.12. The molecule has 7 nitrogen and oxygen atoms in total. The van der Waals surface area contributed by atoms with E-state index < -0.39 is 5.60 Å². The van der Waals surface area contributed by atoms with Crippen LogP contribution in [0.2, 0.25) is 0 Å². The van der Waals surface area contributed by atoms with Crippen LogP contribution < -0.4 is 4.74 Å². The number of nitrogens with zero attached hydrogens (tertiary/aromatic N) is 2. The van der Waals surface area contributed by atoms with Crippen molar-refractivity contribution in [1.29, 1.82) is 0 Å². The zero-order chi connectivity index (χ0) is 23.7. The van der Waals surface area contributed by atoms with Crippen molar-refractivity contribution in [2.24, 2.45) is 5.92 Å². The molecule has 0 spiro atoms. The predicted molar refractivity (Wildman–Crippen MR) is 130 cm³/mol. The van der Waals surface area contributed by atoms with Gasteiger partial charge in [-0.15, -0.1) is 0 Å². The lowest BCUT2D eigenvalue weighted by atomic mass is 9.79. The van der Waals surface area contributed by atoms with E-state index in [1.54, 1.807) is 25.3 Å². The Morgan fingerprint density at radius 2 is 1.94 bits per heavy atom. The normalized spacial score (nSPS) is 24.1. The minimum absolute atomic E-state index is 0.0518. The van der Waals surface area contributed by atoms with Crippen molar-refractivity contribution in [2.75, 3.05) is 39.2 Å². The predicted octanol–water partition coefficient (Wildman–Crippen LogP) is 4.29. The highest BCUT2D eigenvalue weighted by atomic mass is 32.2. The van der Waals surface area contributed by atoms with Crippen LogP contribution in [0.1, 0.15) is 58.1 Å². The number of hydrogen-bond acceptors (Lipinski definition) is 7. The molecule has 0 N–H and O–H groups in total. The van der Waals surface area contributed by atoms with Crippen molar-refractivity contribution in [1.82, 2.24) is 9.88 Å². The zero-order valence-corrected chi connectivity index (χ0v) is 21.4. The van der Waals surface area contributed by atoms with E-state index >= 15 is 0 Å². The van der Waals surface area contributed by atoms with E-state index in [4.69, 9.17) is 18.9 Å². The van der Waals surface area contributed by atoms with Gasteiger partial charge in [0.15, 0.2) is 5.60 Å². The Kier molecular flexibility index (Phi) is 10.3. The Bertz CT molecular complexity index is 741. The van der Waals surface area contributed by atoms with Crippen LogP contribution in [-0.4, -0.2) is 72.8 Å². The van der Waals surface area contributed by atoms with Gasteiger partial charge in [-0.2, -0.15) is 11.8 Å². The molecule has 2 fully saturated rings. The largest absolute Gasteiger partial charge is 0.490 e. The number of thioether (sulfide) groups is 1. The minimum atomic E-state index is -1.01. The van der Waals surface area contributed by atoms with Crippen molar-refractivity contribution in [3.05, 3.63) is 24.0 Å². The second-order valence-corrected chi connectivity index (χ2v) is 10.5. The molecule has 1 aliphatic heterocycles. The lowest BCUT2D eigenvalue weighted by Crippen LogP contribution is -2.77. The highest BCUT2D eigenvalue weighted by molar-refractivity contribution is 7.99. The molecule has 0 bridgehead atoms. The van der Waals surface area contributed by atoms with Crippen LogP contribution in [0.25, 0.3) is 0 Å². The third-order valence-electron chi connectivity index (χ3n) is 6.30. The molecule has 2 heterocycles. The molecule has 33 heavy (non-hydrogen) atoms. The standard InChI is InChI=1S/C25H40N2O5S/c1-19(2)15-33-16-23-25(31-18-30-4,24(28)27(23)17-29-3)14-20-13-22(11-12-26-20)32-21-9-7-5-6-8-10-21/h11-13,19,21,23H,5-10,14-18H2,1-4H3/t23-,25+/m0/s1. The van der Waals surface area contributed by atoms with Crippen LogP contribution in [-0.2, 0) is 25.4 Å². The summed E-state index contributed by atoms with van der Waals surface area (Å²) in [6.07, 6.45) is 9.61. The average Bonchev–Trinajstić information content (AvgIpc) is 3.07. The molecule has 1 aliphatic carbocycles. The van der Waals surface area contributed by atoms with Gasteiger partial charge in [-0.25, -0.2) is 0 Å². The number of likely N-dealkylation sites (tertiary alicyclic amines) is 1. The second kappa shape index (κ2) is 12.9. The minimum Gasteiger partial charge on any atom is -0.490 e. The molecule has 1 saturated heterocycles. The number of ether oxygens (including phenoxy) is 4. The molecule has 0 radical (unpaired) electrons. The van der Waals surface area contributed by atoms with Gasteiger partial charge in [-0.3, -0.25) is 9.78 Å². The van der Waals surface area contributed by atoms with Gasteiger partial charge >= 0.3 is 0 Å². The van der Waals surface area contributed by atoms with E-state index in [0.717, 1.165) is 35.8 Å². The summed E-state index contributed by atoms with van der Waals surface area (Å²) < 4.78 is 22.9. The molecular weight excluding hydrogens is 440 g/mol. The third-order valence-corrected chi connectivity index (χ3v) is 7.76. The van der Waals surface area contributed by atoms with Crippen molar-refractivity contribution in [3.63, 3.8) is 0 Å². The lowest BCUT2D eigenvalue weighted by molar-refractivity contribution is -0.229. The summed E-state index contributed by atoms with van der Waals surface area (Å²) in [7, 11) is 3.18. The number of pyridine rings is 1. The van der Waals surface area contributed by atoms with Gasteiger partial charge in [-0.1, -0.05) is 26.7 Å². The first-order valence-electron chi connectivity index (χ1n) is 12.1. The lowest BCUT2D eigenvalue weighted by Gasteiger charge is -2.54. The molecule has 1 aromatic rings. The van der Waals surface area contributed by atoms with Crippen LogP contribution in [0.4, 0.5) is 0 Å². The summed E-state index contributed by atoms with van der Waals surface area (Å²) in [5, 5.41) is 0. The topological polar surface area (TPSA) is 70.1 Å². The summed E-state index contributed by atoms with van der Waals surface area (Å²) in [4.78, 5) is 19.7. The van der Waals surface area contributed by atoms with Gasteiger partial charge in [0.25, 0.3) is 5.91 Å². The highest BCUT2D eigenvalue weighted by Crippen LogP contribution is 2.40. The first-order chi connectivity index (χ1) is 16.0. The van der Waals surface area contributed by atoms with E-state index in [0.29, 0.717) is 12.3 Å². The molecule has 0 unspecified atom stereocenters. The third kappa shape index (κ3) is 6.84. The van der Waals surface area contributed by atoms with E-state index in [9.17, 15) is 4.79 Å². The van der Waals surface area contributed by atoms with Gasteiger partial charge < -0.3 is 23.8 Å². The molecular formula is C25H40N2O5S. The molecule has 8 heteroatoms. The monoisotopic (exact) mass is 480 g/mol. The molecule has 186 valence electrons. The maximum atomic E-state index is 13.3. The Morgan fingerprint density at radius 3 is 2.61 bits per heavy atom. The molecule has 2 atom stereocenters. The van der Waals surface area contributed by atoms with Crippen LogP contribution in [0.5, 0.6) is 5.75 Å². The van der Waals surface area contributed by atoms with E-state index in [1.165, 1.54) is 25.7 Å². The number of carbonyl (C=O) groups excluding carboxylic acids is 1. The van der Waals surface area contributed by atoms with Crippen LogP contribution in [0.3, 0.4) is 0 Å². The molecule has 2 aliphatic rings. The average molecular weight is 481 g/mol. The van der Waals surface area contributed by atoms with Crippen molar-refractivity contribution < 1.29 is 23.7 Å². The Morgan fingerprint density at radius 1 is 1.18 bits per heavy atom. The van der Waals surface area contributed by atoms with Gasteiger partial charge in [0.1, 0.15) is 19.3 Å². The highest BCUT2D eigenvalue weighted by Gasteiger charge is 2.62. The Labute approximate surface area is 202 Å². The van der Waals surface area contributed by atoms with Crippen molar-refractivity contribution >= 4 is 17.7 Å². The number of carbonyl (C=O) groups is 1. The van der Waals surface area contributed by atoms with Gasteiger partial charge in [0, 0.05) is 44.4 Å². The SMILES string of the molecule is COCO[C@@]1(Cc2cc(OC3CCCCCC3)ccn2)C(=O)N(COC)[C@H]1CSCC(C)C. The van der Waals surface area contributed by atoms with Crippen LogP contribution in [0, 0.1) is 5.92 Å². The van der Waals surface area contributed by atoms with Crippen molar-refractivity contribution in [3.8, 4) is 5.75 Å². The summed E-state index contributed by atoms with van der Waals surface area (Å²) in [5.41, 5.74) is -0.214. The first kappa shape index (κ1) is 26.3. The maximum Gasteiger partial charge on any atom is 0.259 e. The zero-order valence-electron chi connectivity index (χ0n) is 20.6. The summed E-state index contributed by atoms with van der Waals surface area (Å²) >= 11 is 1.84. The summed E-state index contributed by atoms with van der Waals surface area (Å²) in [6.45, 7) is 4.70. The molecule has 1 aromatic heterocycles. The molecule has 1 amide bonds. The number of amides is 1. The molecule has 0 aromatic carbocycles. The van der Waals surface area contributed by atoms with Crippen molar-refractivity contribution in [2.45, 2.75) is 76.5 Å². The van der Waals surface area contributed by atoms with Gasteiger partial charge in [-0.05, 0) is 43.4 Å². The summed E-state index contributed by atoms with van der Waals surface area (Å²) in [6, 6.07) is 3.76. The second-order valence-electron chi connectivity index (χ2n) is 9.47. The maximum absolute atomic E-state index is 13.3. The molecule has 3 rings (SSSR count). The van der Waals surface area contributed by atoms with Crippen LogP contribution in [0.15, 0.2) is 18.3 Å². The quantitative estimate of drug-likeness (QED) is 0.237. The Balaban J connectivity index is 1.77. The number of aromatic nitrogens is 1. The van der Waals surface area contributed by atoms with E-state index in [-0.39, 0.29) is 31.6 Å². The Hall–Kier alpha value is -1.35. The smallest absolute Gasteiger partial charge is 0.259 e. The number of methoxy groups -OCH3 is 2. The number of β-lactam (4-membered cyclic amide) rings is 1. The van der Waals surface area contributed by atoms with E-state index in [2.05, 4.69) is 18.8 Å². The van der Waals surface area contributed by atoms with Gasteiger partial charge in [0.05, 0.1) is 12.1 Å². The fraction of sp³-hybridized carbons (Fsp3) is 0.760. The molecule has 1 saturated carbocycles. The van der Waals surface area contributed by atoms with E-state index in [1.807, 2.05) is 23.9 Å². The number of rotatable bonds is 13. The number of hydrogen-bond donors (Lipinski definition) is 0.